The number of alkyl halides is 3. The highest BCUT2D eigenvalue weighted by molar-refractivity contribution is 7.90. The maximum Gasteiger partial charge on any atom is 0.433 e. The molecule has 0 aliphatic carbocycles. The summed E-state index contributed by atoms with van der Waals surface area (Å²) in [4.78, 5) is 16.3. The Kier molecular flexibility index (Phi) is 5.41. The van der Waals surface area contributed by atoms with Crippen LogP contribution in [0.5, 0.6) is 0 Å². The summed E-state index contributed by atoms with van der Waals surface area (Å²) in [7, 11) is -0.397. The summed E-state index contributed by atoms with van der Waals surface area (Å²) in [6.45, 7) is 0. The summed E-state index contributed by atoms with van der Waals surface area (Å²) in [5.41, 5.74) is 3.02. The van der Waals surface area contributed by atoms with Gasteiger partial charge in [-0.25, -0.2) is 0 Å². The minimum atomic E-state index is -4.66. The van der Waals surface area contributed by atoms with Gasteiger partial charge in [-0.15, -0.1) is 0 Å². The molecule has 31 heavy (non-hydrogen) atoms. The Morgan fingerprint density at radius 1 is 1.10 bits per heavy atom. The molecule has 2 aromatic rings. The van der Waals surface area contributed by atoms with Crippen molar-refractivity contribution in [1.82, 2.24) is 4.98 Å². The number of pyridine rings is 1. The van der Waals surface area contributed by atoms with E-state index in [1.807, 2.05) is 0 Å². The second kappa shape index (κ2) is 7.36. The van der Waals surface area contributed by atoms with Crippen molar-refractivity contribution in [3.8, 4) is 0 Å². The maximum atomic E-state index is 13.0. The SMILES string of the molecule is BC(B)(c1ccccc1)S(=O)(=O)OC1=C(N)O[C@](B)(c2ccc(C(F)(F)F)nc2)C1=O. The number of benzene rings is 1. The first-order valence-corrected chi connectivity index (χ1v) is 10.4. The minimum absolute atomic E-state index is 0.0493. The van der Waals surface area contributed by atoms with Crippen molar-refractivity contribution < 1.29 is 35.3 Å². The number of Topliss-reactive ketones (excluding diaryl/α,β-unsaturated/α-hetero) is 1. The number of aromatic nitrogens is 1. The van der Waals surface area contributed by atoms with Gasteiger partial charge < -0.3 is 14.7 Å². The molecule has 0 bridgehead atoms. The summed E-state index contributed by atoms with van der Waals surface area (Å²) in [6.07, 6.45) is -3.85. The Morgan fingerprint density at radius 3 is 2.23 bits per heavy atom. The lowest BCUT2D eigenvalue weighted by Gasteiger charge is -2.25. The number of nitrogens with two attached hydrogens (primary N) is 1. The van der Waals surface area contributed by atoms with Gasteiger partial charge in [0, 0.05) is 11.8 Å². The molecule has 0 saturated heterocycles. The lowest BCUT2D eigenvalue weighted by Crippen LogP contribution is -2.40. The Bertz CT molecular complexity index is 1160. The number of hydrogen-bond donors (Lipinski definition) is 1. The Morgan fingerprint density at radius 2 is 1.71 bits per heavy atom. The summed E-state index contributed by atoms with van der Waals surface area (Å²) < 4.78 is 73.0. The average Bonchev–Trinajstić information content (AvgIpc) is 2.91. The normalized spacial score (nSPS) is 19.9. The Labute approximate surface area is 179 Å². The van der Waals surface area contributed by atoms with Crippen molar-refractivity contribution >= 4 is 39.4 Å². The van der Waals surface area contributed by atoms with E-state index in [1.54, 1.807) is 30.3 Å². The molecule has 0 fully saturated rings. The van der Waals surface area contributed by atoms with E-state index in [1.165, 1.54) is 23.5 Å². The van der Waals surface area contributed by atoms with Crippen molar-refractivity contribution in [2.45, 2.75) is 16.2 Å². The third kappa shape index (κ3) is 3.91. The number of ether oxygens (including phenoxy) is 1. The highest BCUT2D eigenvalue weighted by Gasteiger charge is 2.51. The molecule has 0 unspecified atom stereocenters. The molecule has 1 aromatic heterocycles. The van der Waals surface area contributed by atoms with E-state index >= 15 is 0 Å². The van der Waals surface area contributed by atoms with Gasteiger partial charge in [0.15, 0.2) is 13.3 Å². The van der Waals surface area contributed by atoms with Gasteiger partial charge in [-0.1, -0.05) is 36.4 Å². The van der Waals surface area contributed by atoms with Crippen LogP contribution in [-0.4, -0.2) is 42.7 Å². The summed E-state index contributed by atoms with van der Waals surface area (Å²) in [5.74, 6) is -2.30. The first kappa shape index (κ1) is 22.8. The molecule has 2 N–H and O–H groups in total. The van der Waals surface area contributed by atoms with E-state index in [9.17, 15) is 26.4 Å². The first-order valence-electron chi connectivity index (χ1n) is 8.97. The van der Waals surface area contributed by atoms with Crippen LogP contribution in [0.15, 0.2) is 60.3 Å². The number of ketones is 1. The van der Waals surface area contributed by atoms with E-state index in [-0.39, 0.29) is 5.56 Å². The monoisotopic (exact) mass is 450 g/mol. The van der Waals surface area contributed by atoms with Gasteiger partial charge in [0.05, 0.1) is 4.55 Å². The second-order valence-corrected chi connectivity index (χ2v) is 9.60. The minimum Gasteiger partial charge on any atom is -0.467 e. The summed E-state index contributed by atoms with van der Waals surface area (Å²) in [5, 5.41) is 0. The smallest absolute Gasteiger partial charge is 0.433 e. The standard InChI is InChI=1S/C17H16B3F3N2O5S/c18-15(10-6-7-11(25-8-10)17(21,22)23)13(26)12(14(24)29-15)30-31(27,28)16(19,20)9-4-2-1-3-5-9/h1-8H,18-20,24H2/t15-/m1/s1. The van der Waals surface area contributed by atoms with Crippen LogP contribution in [0.3, 0.4) is 0 Å². The lowest BCUT2D eigenvalue weighted by atomic mass is 9.65. The third-order valence-electron chi connectivity index (χ3n) is 5.07. The zero-order valence-corrected chi connectivity index (χ0v) is 17.5. The van der Waals surface area contributed by atoms with Crippen LogP contribution in [0, 0.1) is 0 Å². The van der Waals surface area contributed by atoms with E-state index < -0.39 is 49.5 Å². The molecular formula is C17H16B3F3N2O5S. The highest BCUT2D eigenvalue weighted by Crippen LogP contribution is 2.38. The fraction of sp³-hybridized carbons (Fsp3) is 0.176. The van der Waals surface area contributed by atoms with Gasteiger partial charge in [-0.05, 0) is 11.6 Å². The molecular weight excluding hydrogens is 434 g/mol. The summed E-state index contributed by atoms with van der Waals surface area (Å²) in [6, 6.07) is 9.88. The van der Waals surface area contributed by atoms with Crippen LogP contribution >= 0.6 is 0 Å². The maximum absolute atomic E-state index is 13.0. The molecule has 1 aliphatic rings. The number of nitrogens with zero attached hydrogens (tertiary/aromatic N) is 1. The van der Waals surface area contributed by atoms with Gasteiger partial charge in [-0.3, -0.25) is 9.78 Å². The molecule has 160 valence electrons. The molecule has 1 aromatic carbocycles. The molecule has 0 amide bonds. The van der Waals surface area contributed by atoms with Crippen LogP contribution in [0.2, 0.25) is 0 Å². The molecule has 0 saturated carbocycles. The van der Waals surface area contributed by atoms with Gasteiger partial charge in [-0.2, -0.15) is 21.6 Å². The highest BCUT2D eigenvalue weighted by atomic mass is 32.2. The van der Waals surface area contributed by atoms with Crippen molar-refractivity contribution in [1.29, 1.82) is 0 Å². The summed E-state index contributed by atoms with van der Waals surface area (Å²) >= 11 is 0. The van der Waals surface area contributed by atoms with Crippen molar-refractivity contribution in [2.75, 3.05) is 0 Å². The number of carbonyl (C=O) groups excluding carboxylic acids is 1. The third-order valence-corrected chi connectivity index (χ3v) is 6.94. The molecule has 3 rings (SSSR count). The van der Waals surface area contributed by atoms with Gasteiger partial charge in [0.2, 0.25) is 17.4 Å². The number of halogens is 3. The Balaban J connectivity index is 1.91. The van der Waals surface area contributed by atoms with Crippen LogP contribution < -0.4 is 5.73 Å². The Hall–Kier alpha value is -2.89. The van der Waals surface area contributed by atoms with Crippen molar-refractivity contribution in [3.05, 3.63) is 77.1 Å². The van der Waals surface area contributed by atoms with Crippen LogP contribution in [0.25, 0.3) is 0 Å². The van der Waals surface area contributed by atoms with Gasteiger partial charge >= 0.3 is 16.3 Å². The fourth-order valence-electron chi connectivity index (χ4n) is 2.95. The molecule has 1 aliphatic heterocycles. The zero-order chi connectivity index (χ0) is 23.2. The van der Waals surface area contributed by atoms with E-state index in [0.29, 0.717) is 11.6 Å². The number of carbonyl (C=O) groups is 1. The van der Waals surface area contributed by atoms with E-state index in [0.717, 1.165) is 12.3 Å². The average molecular weight is 450 g/mol. The molecule has 7 nitrogen and oxygen atoms in total. The van der Waals surface area contributed by atoms with Crippen LogP contribution in [-0.2, 0) is 40.1 Å². The van der Waals surface area contributed by atoms with Crippen molar-refractivity contribution in [3.63, 3.8) is 0 Å². The largest absolute Gasteiger partial charge is 0.467 e. The molecule has 1 atom stereocenters. The number of rotatable bonds is 5. The second-order valence-electron chi connectivity index (χ2n) is 7.50. The predicted molar refractivity (Wildman–Crippen MR) is 112 cm³/mol. The predicted octanol–water partition coefficient (Wildman–Crippen LogP) is -0.964. The molecule has 0 spiro atoms. The quantitative estimate of drug-likeness (QED) is 0.462. The molecule has 2 heterocycles. The first-order chi connectivity index (χ1) is 14.2. The molecule has 0 radical (unpaired) electrons. The topological polar surface area (TPSA) is 109 Å². The van der Waals surface area contributed by atoms with E-state index in [2.05, 4.69) is 4.98 Å². The fourth-order valence-corrected chi connectivity index (χ4v) is 3.96. The molecule has 14 heteroatoms. The number of hydrogen-bond acceptors (Lipinski definition) is 7. The van der Waals surface area contributed by atoms with Crippen molar-refractivity contribution in [2.24, 2.45) is 5.73 Å². The van der Waals surface area contributed by atoms with Gasteiger partial charge in [0.25, 0.3) is 0 Å². The lowest BCUT2D eigenvalue weighted by molar-refractivity contribution is -0.141. The van der Waals surface area contributed by atoms with Crippen LogP contribution in [0.4, 0.5) is 13.2 Å². The zero-order valence-electron chi connectivity index (χ0n) is 16.7. The van der Waals surface area contributed by atoms with Gasteiger partial charge in [0.1, 0.15) is 21.4 Å². The van der Waals surface area contributed by atoms with Crippen LogP contribution in [0.1, 0.15) is 16.8 Å². The van der Waals surface area contributed by atoms with E-state index in [4.69, 9.17) is 14.7 Å².